The van der Waals surface area contributed by atoms with Gasteiger partial charge in [0.15, 0.2) is 0 Å². The molecule has 98 valence electrons. The second-order valence-electron chi connectivity index (χ2n) is 5.07. The van der Waals surface area contributed by atoms with Crippen LogP contribution in [0.1, 0.15) is 11.1 Å². The van der Waals surface area contributed by atoms with Crippen LogP contribution in [0, 0.1) is 6.92 Å². The van der Waals surface area contributed by atoms with Gasteiger partial charge in [0.1, 0.15) is 18.0 Å². The van der Waals surface area contributed by atoms with Gasteiger partial charge in [0.25, 0.3) is 0 Å². The smallest absolute Gasteiger partial charge is 0.136 e. The summed E-state index contributed by atoms with van der Waals surface area (Å²) in [6.45, 7) is 2.36. The van der Waals surface area contributed by atoms with Crippen LogP contribution in [0.5, 0.6) is 5.75 Å². The molecule has 3 rings (SSSR count). The molecule has 3 N–H and O–H groups in total. The number of aliphatic hydroxyl groups is 1. The van der Waals surface area contributed by atoms with Crippen LogP contribution >= 0.6 is 0 Å². The molecule has 3 heteroatoms. The van der Waals surface area contributed by atoms with Gasteiger partial charge in [-0.25, -0.2) is 0 Å². The summed E-state index contributed by atoms with van der Waals surface area (Å²) in [5.41, 5.74) is 8.62. The molecular formula is C16H17NO2. The molecule has 1 unspecified atom stereocenters. The van der Waals surface area contributed by atoms with E-state index in [0.29, 0.717) is 0 Å². The van der Waals surface area contributed by atoms with Crippen molar-refractivity contribution in [3.05, 3.63) is 53.6 Å². The molecule has 1 atom stereocenters. The van der Waals surface area contributed by atoms with E-state index in [9.17, 15) is 5.11 Å². The second-order valence-corrected chi connectivity index (χ2v) is 5.07. The van der Waals surface area contributed by atoms with E-state index in [2.05, 4.69) is 6.07 Å². The minimum absolute atomic E-state index is 0.136. The fourth-order valence-electron chi connectivity index (χ4n) is 2.55. The molecule has 2 aromatic rings. The summed E-state index contributed by atoms with van der Waals surface area (Å²) in [4.78, 5) is 0. The Bertz CT molecular complexity index is 624. The third-order valence-electron chi connectivity index (χ3n) is 3.66. The predicted octanol–water partition coefficient (Wildman–Crippen LogP) is 2.20. The highest BCUT2D eigenvalue weighted by atomic mass is 16.5. The number of nitrogens with two attached hydrogens (primary N) is 1. The van der Waals surface area contributed by atoms with Crippen molar-refractivity contribution in [2.24, 2.45) is 5.73 Å². The van der Waals surface area contributed by atoms with Crippen LogP contribution in [-0.2, 0) is 5.60 Å². The number of ether oxygens (including phenoxy) is 1. The number of aryl methyl sites for hydroxylation is 1. The van der Waals surface area contributed by atoms with E-state index in [1.807, 2.05) is 43.3 Å². The van der Waals surface area contributed by atoms with Gasteiger partial charge < -0.3 is 15.6 Å². The van der Waals surface area contributed by atoms with Crippen LogP contribution in [0.25, 0.3) is 11.1 Å². The Kier molecular flexibility index (Phi) is 2.81. The summed E-state index contributed by atoms with van der Waals surface area (Å²) in [5.74, 6) is 0.794. The van der Waals surface area contributed by atoms with Crippen molar-refractivity contribution in [1.82, 2.24) is 0 Å². The van der Waals surface area contributed by atoms with E-state index < -0.39 is 5.60 Å². The van der Waals surface area contributed by atoms with Crippen molar-refractivity contribution in [3.8, 4) is 16.9 Å². The first-order chi connectivity index (χ1) is 9.14. The van der Waals surface area contributed by atoms with Gasteiger partial charge in [0, 0.05) is 12.1 Å². The van der Waals surface area contributed by atoms with Crippen molar-refractivity contribution < 1.29 is 9.84 Å². The van der Waals surface area contributed by atoms with Crippen molar-refractivity contribution in [2.75, 3.05) is 13.2 Å². The first-order valence-corrected chi connectivity index (χ1v) is 6.40. The molecule has 0 radical (unpaired) electrons. The molecule has 0 saturated carbocycles. The Morgan fingerprint density at radius 1 is 1.21 bits per heavy atom. The molecule has 3 nitrogen and oxygen atoms in total. The minimum Gasteiger partial charge on any atom is -0.490 e. The van der Waals surface area contributed by atoms with Gasteiger partial charge in [0.2, 0.25) is 0 Å². The normalized spacial score (nSPS) is 21.0. The summed E-state index contributed by atoms with van der Waals surface area (Å²) < 4.78 is 5.76. The van der Waals surface area contributed by atoms with Gasteiger partial charge in [-0.2, -0.15) is 0 Å². The first-order valence-electron chi connectivity index (χ1n) is 6.40. The van der Waals surface area contributed by atoms with Crippen LogP contribution in [0.15, 0.2) is 42.5 Å². The van der Waals surface area contributed by atoms with Crippen LogP contribution in [0.4, 0.5) is 0 Å². The number of hydrogen-bond donors (Lipinski definition) is 2. The maximum Gasteiger partial charge on any atom is 0.136 e. The first kappa shape index (κ1) is 12.2. The average Bonchev–Trinajstić information content (AvgIpc) is 2.56. The topological polar surface area (TPSA) is 55.5 Å². The molecule has 1 aliphatic rings. The largest absolute Gasteiger partial charge is 0.490 e. The third-order valence-corrected chi connectivity index (χ3v) is 3.66. The third kappa shape index (κ3) is 1.91. The molecule has 0 spiro atoms. The Balaban J connectivity index is 2.29. The van der Waals surface area contributed by atoms with Crippen molar-refractivity contribution in [2.45, 2.75) is 12.5 Å². The molecule has 0 bridgehead atoms. The minimum atomic E-state index is -1.14. The Hall–Kier alpha value is -1.84. The maximum absolute atomic E-state index is 10.7. The number of hydrogen-bond acceptors (Lipinski definition) is 3. The lowest BCUT2D eigenvalue weighted by molar-refractivity contribution is 0.00106. The predicted molar refractivity (Wildman–Crippen MR) is 75.1 cm³/mol. The summed E-state index contributed by atoms with van der Waals surface area (Å²) in [6, 6.07) is 13.8. The highest BCUT2D eigenvalue weighted by Gasteiger charge is 2.34. The fourth-order valence-corrected chi connectivity index (χ4v) is 2.55. The average molecular weight is 255 g/mol. The number of benzene rings is 2. The number of fused-ring (bicyclic) bond motifs is 3. The summed E-state index contributed by atoms with van der Waals surface area (Å²) >= 11 is 0. The van der Waals surface area contributed by atoms with Crippen molar-refractivity contribution >= 4 is 0 Å². The van der Waals surface area contributed by atoms with Crippen molar-refractivity contribution in [1.29, 1.82) is 0 Å². The van der Waals surface area contributed by atoms with E-state index in [1.165, 1.54) is 0 Å². The zero-order valence-electron chi connectivity index (χ0n) is 10.9. The second kappa shape index (κ2) is 4.37. The van der Waals surface area contributed by atoms with Crippen LogP contribution < -0.4 is 10.5 Å². The van der Waals surface area contributed by atoms with Gasteiger partial charge in [-0.3, -0.25) is 0 Å². The lowest BCUT2D eigenvalue weighted by Crippen LogP contribution is -2.40. The quantitative estimate of drug-likeness (QED) is 0.821. The fraction of sp³-hybridized carbons (Fsp3) is 0.250. The number of rotatable bonds is 1. The molecular weight excluding hydrogens is 238 g/mol. The highest BCUT2D eigenvalue weighted by Crippen LogP contribution is 2.40. The lowest BCUT2D eigenvalue weighted by atomic mass is 9.88. The van der Waals surface area contributed by atoms with Gasteiger partial charge in [-0.15, -0.1) is 0 Å². The van der Waals surface area contributed by atoms with Gasteiger partial charge in [-0.05, 0) is 30.2 Å². The molecule has 0 saturated heterocycles. The van der Waals surface area contributed by atoms with Crippen molar-refractivity contribution in [3.63, 3.8) is 0 Å². The molecule has 0 aliphatic carbocycles. The van der Waals surface area contributed by atoms with E-state index >= 15 is 0 Å². The molecule has 19 heavy (non-hydrogen) atoms. The summed E-state index contributed by atoms with van der Waals surface area (Å²) in [5, 5.41) is 10.7. The van der Waals surface area contributed by atoms with E-state index in [4.69, 9.17) is 10.5 Å². The molecule has 2 aromatic carbocycles. The molecule has 0 fully saturated rings. The summed E-state index contributed by atoms with van der Waals surface area (Å²) in [6.07, 6.45) is 0. The molecule has 0 amide bonds. The van der Waals surface area contributed by atoms with E-state index in [0.717, 1.165) is 28.0 Å². The standard InChI is InChI=1S/C16H17NO2/c1-11-6-7-15-13(8-11)12-4-2-3-5-14(12)16(18,9-17)10-19-15/h2-8,18H,9-10,17H2,1H3. The van der Waals surface area contributed by atoms with E-state index in [1.54, 1.807) is 0 Å². The van der Waals surface area contributed by atoms with Crippen LogP contribution in [-0.4, -0.2) is 18.3 Å². The zero-order chi connectivity index (χ0) is 13.5. The van der Waals surface area contributed by atoms with Crippen LogP contribution in [0.2, 0.25) is 0 Å². The Morgan fingerprint density at radius 3 is 2.79 bits per heavy atom. The SMILES string of the molecule is Cc1ccc2c(c1)-c1ccccc1C(O)(CN)CO2. The monoisotopic (exact) mass is 255 g/mol. The molecule has 1 aliphatic heterocycles. The molecule has 0 aromatic heterocycles. The molecule has 1 heterocycles. The highest BCUT2D eigenvalue weighted by molar-refractivity contribution is 5.75. The van der Waals surface area contributed by atoms with Gasteiger partial charge in [-0.1, -0.05) is 35.9 Å². The Labute approximate surface area is 112 Å². The Morgan fingerprint density at radius 2 is 2.00 bits per heavy atom. The zero-order valence-corrected chi connectivity index (χ0v) is 10.9. The van der Waals surface area contributed by atoms with Crippen LogP contribution in [0.3, 0.4) is 0 Å². The summed E-state index contributed by atoms with van der Waals surface area (Å²) in [7, 11) is 0. The lowest BCUT2D eigenvalue weighted by Gasteiger charge is -2.26. The van der Waals surface area contributed by atoms with E-state index in [-0.39, 0.29) is 13.2 Å². The maximum atomic E-state index is 10.7. The van der Waals surface area contributed by atoms with Gasteiger partial charge >= 0.3 is 0 Å². The van der Waals surface area contributed by atoms with Gasteiger partial charge in [0.05, 0.1) is 0 Å².